The molecule has 0 aromatic heterocycles. The fraction of sp³-hybridized carbons (Fsp3) is 0.741. The number of fused-ring (bicyclic) bond motifs is 1. The third kappa shape index (κ3) is 13.4. The maximum absolute atomic E-state index is 12.5. The number of hydrogen-bond acceptors (Lipinski definition) is 4. The Morgan fingerprint density at radius 1 is 0.800 bits per heavy atom. The monoisotopic (exact) mass is 511 g/mol. The van der Waals surface area contributed by atoms with Crippen molar-refractivity contribution < 1.29 is 28.6 Å². The van der Waals surface area contributed by atoms with Gasteiger partial charge in [0.15, 0.2) is 11.5 Å². The molecule has 2 rings (SSSR count). The summed E-state index contributed by atoms with van der Waals surface area (Å²) in [6.07, 6.45) is 19.0. The molecule has 8 heteroatoms. The molecule has 0 saturated carbocycles. The van der Waals surface area contributed by atoms with E-state index in [9.17, 15) is 19.1 Å². The van der Waals surface area contributed by atoms with Crippen molar-refractivity contribution in [1.29, 1.82) is 0 Å². The molecule has 1 aliphatic rings. The molecular weight excluding hydrogens is 465 g/mol. The average Bonchev–Trinajstić information content (AvgIpc) is 2.81. The highest BCUT2D eigenvalue weighted by molar-refractivity contribution is 7.50. The van der Waals surface area contributed by atoms with Crippen LogP contribution < -0.4 is 14.8 Å². The molecule has 0 atom stereocenters. The minimum absolute atomic E-state index is 0.150. The smallest absolute Gasteiger partial charge is 0.329 e. The van der Waals surface area contributed by atoms with Crippen LogP contribution in [0.5, 0.6) is 11.5 Å². The third-order valence-electron chi connectivity index (χ3n) is 6.43. The lowest BCUT2D eigenvalue weighted by Gasteiger charge is -2.21. The van der Waals surface area contributed by atoms with E-state index < -0.39 is 13.8 Å². The number of ether oxygens (including phenoxy) is 2. The third-order valence-corrected chi connectivity index (χ3v) is 7.18. The van der Waals surface area contributed by atoms with Crippen LogP contribution in [0.25, 0.3) is 0 Å². The van der Waals surface area contributed by atoms with Gasteiger partial charge in [-0.15, -0.1) is 0 Å². The first kappa shape index (κ1) is 29.7. The van der Waals surface area contributed by atoms with Crippen molar-refractivity contribution in [2.45, 2.75) is 116 Å². The molecule has 200 valence electrons. The fourth-order valence-electron chi connectivity index (χ4n) is 4.47. The van der Waals surface area contributed by atoms with Crippen molar-refractivity contribution in [3.63, 3.8) is 0 Å². The molecule has 0 spiro atoms. The highest BCUT2D eigenvalue weighted by Crippen LogP contribution is 2.44. The predicted molar refractivity (Wildman–Crippen MR) is 141 cm³/mol. The number of nitrogens with one attached hydrogen (secondary N) is 1. The highest BCUT2D eigenvalue weighted by atomic mass is 31.2. The molecule has 0 unspecified atom stereocenters. The van der Waals surface area contributed by atoms with Crippen molar-refractivity contribution in [2.75, 3.05) is 18.5 Å². The topological polar surface area (TPSA) is 105 Å². The Bertz CT molecular complexity index is 794. The van der Waals surface area contributed by atoms with E-state index in [1.165, 1.54) is 77.0 Å². The zero-order valence-corrected chi connectivity index (χ0v) is 22.5. The van der Waals surface area contributed by atoms with Crippen LogP contribution in [0.4, 0.5) is 5.69 Å². The Morgan fingerprint density at radius 3 is 1.74 bits per heavy atom. The summed E-state index contributed by atoms with van der Waals surface area (Å²) >= 11 is 0. The van der Waals surface area contributed by atoms with Gasteiger partial charge in [-0.25, -0.2) is 0 Å². The van der Waals surface area contributed by atoms with Gasteiger partial charge in [0.1, 0.15) is 13.2 Å². The maximum Gasteiger partial charge on any atom is 0.329 e. The maximum atomic E-state index is 12.5. The molecule has 35 heavy (non-hydrogen) atoms. The van der Waals surface area contributed by atoms with Crippen molar-refractivity contribution in [3.8, 4) is 11.5 Å². The number of carbonyl (C=O) groups excluding carboxylic acids is 1. The van der Waals surface area contributed by atoms with Gasteiger partial charge < -0.3 is 24.6 Å². The normalized spacial score (nSPS) is 13.1. The molecular formula is C27H46NO6P. The van der Waals surface area contributed by atoms with Crippen molar-refractivity contribution in [1.82, 2.24) is 0 Å². The Balaban J connectivity index is 1.57. The predicted octanol–water partition coefficient (Wildman–Crippen LogP) is 7.34. The minimum atomic E-state index is -4.30. The Labute approximate surface area is 211 Å². The lowest BCUT2D eigenvalue weighted by atomic mass is 10.0. The van der Waals surface area contributed by atoms with Crippen LogP contribution in [0.1, 0.15) is 115 Å². The van der Waals surface area contributed by atoms with Crippen molar-refractivity contribution >= 4 is 19.2 Å². The summed E-state index contributed by atoms with van der Waals surface area (Å²) < 4.78 is 22.6. The van der Waals surface area contributed by atoms with Gasteiger partial charge >= 0.3 is 7.60 Å². The van der Waals surface area contributed by atoms with Crippen LogP contribution in [-0.4, -0.2) is 28.9 Å². The molecule has 0 fully saturated rings. The second-order valence-electron chi connectivity index (χ2n) is 9.72. The second kappa shape index (κ2) is 17.0. The highest BCUT2D eigenvalue weighted by Gasteiger charge is 2.22. The molecule has 7 nitrogen and oxygen atoms in total. The standard InChI is InChI=1S/C27H46NO6P/c1-2-3-4-5-6-7-8-9-10-11-12-13-14-15-16-17-27(29)28-24-21-26-25(33-18-19-34-26)20-23(24)22-35(30,31)32/h20-21H,2-19,22H2,1H3,(H,28,29)(H2,30,31,32). The number of amides is 1. The molecule has 1 aromatic carbocycles. The van der Waals surface area contributed by atoms with Gasteiger partial charge in [0.2, 0.25) is 5.91 Å². The van der Waals surface area contributed by atoms with Gasteiger partial charge in [-0.1, -0.05) is 96.8 Å². The first-order chi connectivity index (χ1) is 16.9. The van der Waals surface area contributed by atoms with Crippen molar-refractivity contribution in [3.05, 3.63) is 17.7 Å². The van der Waals surface area contributed by atoms with Crippen molar-refractivity contribution in [2.24, 2.45) is 0 Å². The van der Waals surface area contributed by atoms with Crippen LogP contribution in [0.3, 0.4) is 0 Å². The Hall–Kier alpha value is -1.56. The number of hydrogen-bond donors (Lipinski definition) is 3. The SMILES string of the molecule is CCCCCCCCCCCCCCCCCC(=O)Nc1cc2c(cc1CP(=O)(O)O)OCCO2. The van der Waals surface area contributed by atoms with Crippen LogP contribution in [-0.2, 0) is 15.5 Å². The zero-order valence-electron chi connectivity index (χ0n) is 21.6. The first-order valence-electron chi connectivity index (χ1n) is 13.7. The van der Waals surface area contributed by atoms with E-state index in [2.05, 4.69) is 12.2 Å². The van der Waals surface area contributed by atoms with E-state index in [-0.39, 0.29) is 5.91 Å². The largest absolute Gasteiger partial charge is 0.486 e. The molecule has 0 radical (unpaired) electrons. The average molecular weight is 512 g/mol. The van der Waals surface area contributed by atoms with Crippen LogP contribution in [0.15, 0.2) is 12.1 Å². The molecule has 1 amide bonds. The van der Waals surface area contributed by atoms with Gasteiger partial charge in [-0.2, -0.15) is 0 Å². The van der Waals surface area contributed by atoms with E-state index in [0.717, 1.165) is 19.3 Å². The number of unbranched alkanes of at least 4 members (excludes halogenated alkanes) is 14. The zero-order chi connectivity index (χ0) is 25.4. The molecule has 1 aromatic rings. The molecule has 3 N–H and O–H groups in total. The van der Waals surface area contributed by atoms with Gasteiger partial charge in [0.05, 0.1) is 6.16 Å². The van der Waals surface area contributed by atoms with Gasteiger partial charge in [0, 0.05) is 18.2 Å². The summed E-state index contributed by atoms with van der Waals surface area (Å²) in [7, 11) is -4.30. The molecule has 1 heterocycles. The lowest BCUT2D eigenvalue weighted by molar-refractivity contribution is -0.116. The number of rotatable bonds is 19. The molecule has 0 saturated heterocycles. The Kier molecular flexibility index (Phi) is 14.4. The van der Waals surface area contributed by atoms with E-state index >= 15 is 0 Å². The Morgan fingerprint density at radius 2 is 1.26 bits per heavy atom. The van der Waals surface area contributed by atoms with E-state index in [4.69, 9.17) is 9.47 Å². The molecule has 0 bridgehead atoms. The van der Waals surface area contributed by atoms with Crippen LogP contribution in [0, 0.1) is 0 Å². The quantitative estimate of drug-likeness (QED) is 0.133. The molecule has 1 aliphatic heterocycles. The van der Waals surface area contributed by atoms with Gasteiger partial charge in [0.25, 0.3) is 0 Å². The van der Waals surface area contributed by atoms with E-state index in [1.54, 1.807) is 12.1 Å². The van der Waals surface area contributed by atoms with Gasteiger partial charge in [-0.05, 0) is 18.1 Å². The summed E-state index contributed by atoms with van der Waals surface area (Å²) in [5.41, 5.74) is 0.732. The summed E-state index contributed by atoms with van der Waals surface area (Å²) in [6.45, 7) is 3.04. The first-order valence-corrected chi connectivity index (χ1v) is 15.5. The lowest BCUT2D eigenvalue weighted by Crippen LogP contribution is -2.17. The van der Waals surface area contributed by atoms with Crippen LogP contribution in [0.2, 0.25) is 0 Å². The summed E-state index contributed by atoms with van der Waals surface area (Å²) in [4.78, 5) is 31.3. The van der Waals surface area contributed by atoms with Crippen LogP contribution >= 0.6 is 7.60 Å². The number of benzene rings is 1. The number of anilines is 1. The van der Waals surface area contributed by atoms with E-state index in [0.29, 0.717) is 42.4 Å². The minimum Gasteiger partial charge on any atom is -0.486 e. The summed E-state index contributed by atoms with van der Waals surface area (Å²) in [5, 5.41) is 2.82. The van der Waals surface area contributed by atoms with Gasteiger partial charge in [-0.3, -0.25) is 9.36 Å². The number of carbonyl (C=O) groups is 1. The fourth-order valence-corrected chi connectivity index (χ4v) is 5.17. The summed E-state index contributed by atoms with van der Waals surface area (Å²) in [6, 6.07) is 3.15. The summed E-state index contributed by atoms with van der Waals surface area (Å²) in [5.74, 6) is 0.774. The molecule has 0 aliphatic carbocycles. The van der Waals surface area contributed by atoms with E-state index in [1.807, 2.05) is 0 Å². The second-order valence-corrected chi connectivity index (χ2v) is 11.4.